The first-order chi connectivity index (χ1) is 15.0. The van der Waals surface area contributed by atoms with Gasteiger partial charge in [-0.2, -0.15) is 0 Å². The molecule has 168 valence electrons. The number of anilines is 2. The van der Waals surface area contributed by atoms with E-state index in [-0.39, 0.29) is 36.3 Å². The Morgan fingerprint density at radius 3 is 2.45 bits per heavy atom. The topological polar surface area (TPSA) is 73.0 Å². The summed E-state index contributed by atoms with van der Waals surface area (Å²) >= 11 is 0. The van der Waals surface area contributed by atoms with E-state index in [1.54, 1.807) is 9.80 Å². The molecule has 2 aliphatic heterocycles. The summed E-state index contributed by atoms with van der Waals surface area (Å²) in [7, 11) is 0. The van der Waals surface area contributed by atoms with Crippen molar-refractivity contribution in [3.63, 3.8) is 0 Å². The molecule has 7 heteroatoms. The maximum absolute atomic E-state index is 13.4. The van der Waals surface area contributed by atoms with Gasteiger partial charge in [-0.3, -0.25) is 19.3 Å². The van der Waals surface area contributed by atoms with Gasteiger partial charge in [0.25, 0.3) is 5.91 Å². The number of benzene rings is 1. The van der Waals surface area contributed by atoms with E-state index in [4.69, 9.17) is 0 Å². The van der Waals surface area contributed by atoms with Crippen LogP contribution in [0, 0.1) is 0 Å². The molecular formula is C24H34N4O3. The average Bonchev–Trinajstić information content (AvgIpc) is 3.30. The fourth-order valence-electron chi connectivity index (χ4n) is 5.23. The summed E-state index contributed by atoms with van der Waals surface area (Å²) < 4.78 is 0. The minimum Gasteiger partial charge on any atom is -0.358 e. The number of hydrogen-bond donors (Lipinski definition) is 1. The zero-order valence-corrected chi connectivity index (χ0v) is 18.7. The summed E-state index contributed by atoms with van der Waals surface area (Å²) in [5.74, 6) is -0.187. The molecule has 0 bridgehead atoms. The number of fused-ring (bicyclic) bond motifs is 3. The highest BCUT2D eigenvalue weighted by Crippen LogP contribution is 2.40. The molecule has 0 unspecified atom stereocenters. The van der Waals surface area contributed by atoms with E-state index in [1.165, 1.54) is 0 Å². The van der Waals surface area contributed by atoms with E-state index >= 15 is 0 Å². The first-order valence-electron chi connectivity index (χ1n) is 11.8. The first-order valence-corrected chi connectivity index (χ1v) is 11.8. The molecule has 4 rings (SSSR count). The standard InChI is InChI=1S/C24H34N4O3/c1-3-26(4-2)23(30)17-12-13-19-21(15-17)28(16-22(29)25-18-9-5-6-10-18)24(31)20-11-7-8-14-27(19)20/h12-13,15,18,20H,3-11,14,16H2,1-2H3,(H,25,29)/t20-/m1/s1. The van der Waals surface area contributed by atoms with Crippen LogP contribution >= 0.6 is 0 Å². The number of piperidine rings is 1. The van der Waals surface area contributed by atoms with E-state index in [2.05, 4.69) is 10.2 Å². The van der Waals surface area contributed by atoms with E-state index in [1.807, 2.05) is 32.0 Å². The molecule has 7 nitrogen and oxygen atoms in total. The van der Waals surface area contributed by atoms with Crippen molar-refractivity contribution in [1.29, 1.82) is 0 Å². The van der Waals surface area contributed by atoms with Gasteiger partial charge in [-0.1, -0.05) is 12.8 Å². The Kier molecular flexibility index (Phi) is 6.49. The number of rotatable bonds is 6. The van der Waals surface area contributed by atoms with Gasteiger partial charge in [0.15, 0.2) is 0 Å². The van der Waals surface area contributed by atoms with Gasteiger partial charge >= 0.3 is 0 Å². The van der Waals surface area contributed by atoms with Crippen molar-refractivity contribution in [2.75, 3.05) is 36.0 Å². The Labute approximate surface area is 184 Å². The van der Waals surface area contributed by atoms with Gasteiger partial charge in [-0.05, 0) is 64.2 Å². The number of amides is 3. The fraction of sp³-hybridized carbons (Fsp3) is 0.625. The van der Waals surface area contributed by atoms with Crippen LogP contribution in [-0.4, -0.2) is 60.9 Å². The maximum Gasteiger partial charge on any atom is 0.253 e. The van der Waals surface area contributed by atoms with Crippen LogP contribution in [0.3, 0.4) is 0 Å². The molecule has 0 radical (unpaired) electrons. The van der Waals surface area contributed by atoms with Gasteiger partial charge in [-0.25, -0.2) is 0 Å². The Bertz CT molecular complexity index is 845. The van der Waals surface area contributed by atoms with Gasteiger partial charge in [0, 0.05) is 31.2 Å². The fourth-order valence-corrected chi connectivity index (χ4v) is 5.23. The Morgan fingerprint density at radius 1 is 1.03 bits per heavy atom. The molecule has 1 saturated carbocycles. The Balaban J connectivity index is 1.65. The number of nitrogens with zero attached hydrogens (tertiary/aromatic N) is 3. The zero-order valence-electron chi connectivity index (χ0n) is 18.7. The second-order valence-corrected chi connectivity index (χ2v) is 8.86. The predicted octanol–water partition coefficient (Wildman–Crippen LogP) is 2.93. The van der Waals surface area contributed by atoms with Crippen LogP contribution in [0.5, 0.6) is 0 Å². The number of nitrogens with one attached hydrogen (secondary N) is 1. The first kappa shape index (κ1) is 21.7. The molecule has 2 heterocycles. The minimum absolute atomic E-state index is 0.00951. The van der Waals surface area contributed by atoms with Gasteiger partial charge in [0.05, 0.1) is 11.4 Å². The van der Waals surface area contributed by atoms with E-state index < -0.39 is 0 Å². The third-order valence-electron chi connectivity index (χ3n) is 6.95. The lowest BCUT2D eigenvalue weighted by Gasteiger charge is -2.45. The van der Waals surface area contributed by atoms with Crippen LogP contribution in [0.1, 0.15) is 69.2 Å². The average molecular weight is 427 g/mol. The van der Waals surface area contributed by atoms with Crippen molar-refractivity contribution >= 4 is 29.1 Å². The van der Waals surface area contributed by atoms with Crippen molar-refractivity contribution in [2.24, 2.45) is 0 Å². The molecule has 1 aromatic carbocycles. The third kappa shape index (κ3) is 4.27. The second kappa shape index (κ2) is 9.28. The zero-order chi connectivity index (χ0) is 22.0. The van der Waals surface area contributed by atoms with Crippen molar-refractivity contribution in [1.82, 2.24) is 10.2 Å². The van der Waals surface area contributed by atoms with E-state index in [0.717, 1.165) is 57.2 Å². The summed E-state index contributed by atoms with van der Waals surface area (Å²) in [6.07, 6.45) is 7.17. The molecular weight excluding hydrogens is 392 g/mol. The van der Waals surface area contributed by atoms with Crippen LogP contribution in [-0.2, 0) is 9.59 Å². The molecule has 1 aliphatic carbocycles. The molecule has 1 N–H and O–H groups in total. The minimum atomic E-state index is -0.218. The van der Waals surface area contributed by atoms with Crippen molar-refractivity contribution in [3.05, 3.63) is 23.8 Å². The summed E-state index contributed by atoms with van der Waals surface area (Å²) in [5, 5.41) is 3.10. The SMILES string of the molecule is CCN(CC)C(=O)c1ccc2c(c1)N(CC(=O)NC1CCCC1)C(=O)[C@H]1CCCCN21. The normalized spacial score (nSPS) is 21.0. The monoisotopic (exact) mass is 426 g/mol. The molecule has 0 spiro atoms. The predicted molar refractivity (Wildman–Crippen MR) is 121 cm³/mol. The van der Waals surface area contributed by atoms with Gasteiger partial charge in [-0.15, -0.1) is 0 Å². The smallest absolute Gasteiger partial charge is 0.253 e. The highest BCUT2D eigenvalue weighted by Gasteiger charge is 2.40. The summed E-state index contributed by atoms with van der Waals surface area (Å²) in [6.45, 7) is 6.02. The van der Waals surface area contributed by atoms with Crippen molar-refractivity contribution in [2.45, 2.75) is 70.9 Å². The van der Waals surface area contributed by atoms with Crippen LogP contribution in [0.2, 0.25) is 0 Å². The van der Waals surface area contributed by atoms with Crippen LogP contribution in [0.4, 0.5) is 11.4 Å². The number of hydrogen-bond acceptors (Lipinski definition) is 4. The molecule has 31 heavy (non-hydrogen) atoms. The Hall–Kier alpha value is -2.57. The van der Waals surface area contributed by atoms with E-state index in [0.29, 0.717) is 24.3 Å². The quantitative estimate of drug-likeness (QED) is 0.759. The summed E-state index contributed by atoms with van der Waals surface area (Å²) in [4.78, 5) is 44.7. The number of carbonyl (C=O) groups is 3. The lowest BCUT2D eigenvalue weighted by atomic mass is 9.95. The third-order valence-corrected chi connectivity index (χ3v) is 6.95. The van der Waals surface area contributed by atoms with E-state index in [9.17, 15) is 14.4 Å². The highest BCUT2D eigenvalue weighted by atomic mass is 16.2. The lowest BCUT2D eigenvalue weighted by molar-refractivity contribution is -0.125. The molecule has 3 aliphatic rings. The Morgan fingerprint density at radius 2 is 1.74 bits per heavy atom. The summed E-state index contributed by atoms with van der Waals surface area (Å²) in [5.41, 5.74) is 2.20. The molecule has 1 aromatic rings. The number of carbonyl (C=O) groups excluding carboxylic acids is 3. The van der Waals surface area contributed by atoms with Gasteiger partial charge in [0.1, 0.15) is 12.6 Å². The molecule has 1 atom stereocenters. The van der Waals surface area contributed by atoms with Crippen LogP contribution in [0.25, 0.3) is 0 Å². The van der Waals surface area contributed by atoms with Crippen LogP contribution < -0.4 is 15.1 Å². The lowest BCUT2D eigenvalue weighted by Crippen LogP contribution is -2.57. The molecule has 2 fully saturated rings. The molecule has 0 aromatic heterocycles. The maximum atomic E-state index is 13.4. The second-order valence-electron chi connectivity index (χ2n) is 8.86. The van der Waals surface area contributed by atoms with Crippen molar-refractivity contribution in [3.8, 4) is 0 Å². The van der Waals surface area contributed by atoms with Gasteiger partial charge < -0.3 is 15.1 Å². The van der Waals surface area contributed by atoms with Crippen LogP contribution in [0.15, 0.2) is 18.2 Å². The molecule has 1 saturated heterocycles. The highest BCUT2D eigenvalue weighted by molar-refractivity contribution is 6.09. The largest absolute Gasteiger partial charge is 0.358 e. The summed E-state index contributed by atoms with van der Waals surface area (Å²) in [6, 6.07) is 5.62. The van der Waals surface area contributed by atoms with Gasteiger partial charge in [0.2, 0.25) is 11.8 Å². The molecule has 3 amide bonds. The van der Waals surface area contributed by atoms with Crippen molar-refractivity contribution < 1.29 is 14.4 Å².